The van der Waals surface area contributed by atoms with Crippen molar-refractivity contribution >= 4 is 0 Å². The lowest BCUT2D eigenvalue weighted by Crippen LogP contribution is -2.24. The molecule has 1 heterocycles. The van der Waals surface area contributed by atoms with Crippen LogP contribution in [0.1, 0.15) is 13.3 Å². The van der Waals surface area contributed by atoms with Gasteiger partial charge in [0.2, 0.25) is 0 Å². The molecule has 0 atom stereocenters. The van der Waals surface area contributed by atoms with Gasteiger partial charge in [0, 0.05) is 6.54 Å². The van der Waals surface area contributed by atoms with Gasteiger partial charge in [0.05, 0.1) is 0 Å². The molecular weight excluding hydrogens is 134 g/mol. The molecule has 1 nitrogen and oxygen atoms in total. The van der Waals surface area contributed by atoms with E-state index >= 15 is 0 Å². The predicted molar refractivity (Wildman–Crippen MR) is 49.5 cm³/mol. The SMILES string of the molecule is C=CC1=C(C(=C)C)CNCC1. The zero-order valence-electron chi connectivity index (χ0n) is 7.11. The van der Waals surface area contributed by atoms with Crippen LogP contribution in [0.4, 0.5) is 0 Å². The Morgan fingerprint density at radius 3 is 2.82 bits per heavy atom. The molecule has 1 heteroatoms. The smallest absolute Gasteiger partial charge is 0.0210 e. The van der Waals surface area contributed by atoms with Crippen LogP contribution in [-0.2, 0) is 0 Å². The number of hydrogen-bond acceptors (Lipinski definition) is 1. The molecule has 1 aliphatic heterocycles. The van der Waals surface area contributed by atoms with E-state index in [2.05, 4.69) is 18.5 Å². The van der Waals surface area contributed by atoms with E-state index in [9.17, 15) is 0 Å². The van der Waals surface area contributed by atoms with Gasteiger partial charge in [0.25, 0.3) is 0 Å². The van der Waals surface area contributed by atoms with Crippen molar-refractivity contribution in [2.45, 2.75) is 13.3 Å². The Bertz CT molecular complexity index is 211. The third kappa shape index (κ3) is 1.81. The second-order valence-corrected chi connectivity index (χ2v) is 2.92. The summed E-state index contributed by atoms with van der Waals surface area (Å²) in [6, 6.07) is 0. The van der Waals surface area contributed by atoms with Crippen molar-refractivity contribution in [3.63, 3.8) is 0 Å². The molecule has 0 radical (unpaired) electrons. The maximum absolute atomic E-state index is 3.93. The summed E-state index contributed by atoms with van der Waals surface area (Å²) in [4.78, 5) is 0. The van der Waals surface area contributed by atoms with Gasteiger partial charge in [0.15, 0.2) is 0 Å². The molecule has 0 aromatic carbocycles. The van der Waals surface area contributed by atoms with E-state index in [0.29, 0.717) is 0 Å². The summed E-state index contributed by atoms with van der Waals surface area (Å²) >= 11 is 0. The van der Waals surface area contributed by atoms with Gasteiger partial charge in [-0.15, -0.1) is 0 Å². The molecule has 60 valence electrons. The van der Waals surface area contributed by atoms with Crippen LogP contribution < -0.4 is 5.32 Å². The molecule has 0 aromatic rings. The van der Waals surface area contributed by atoms with Crippen LogP contribution >= 0.6 is 0 Å². The Morgan fingerprint density at radius 2 is 2.36 bits per heavy atom. The lowest BCUT2D eigenvalue weighted by Gasteiger charge is -2.19. The fourth-order valence-corrected chi connectivity index (χ4v) is 1.35. The van der Waals surface area contributed by atoms with Gasteiger partial charge >= 0.3 is 0 Å². The van der Waals surface area contributed by atoms with Crippen molar-refractivity contribution < 1.29 is 0 Å². The molecule has 11 heavy (non-hydrogen) atoms. The summed E-state index contributed by atoms with van der Waals surface area (Å²) in [6.07, 6.45) is 3.04. The van der Waals surface area contributed by atoms with E-state index in [1.807, 2.05) is 13.0 Å². The van der Waals surface area contributed by atoms with Crippen molar-refractivity contribution in [2.75, 3.05) is 13.1 Å². The number of allylic oxidation sites excluding steroid dienone is 1. The number of rotatable bonds is 2. The molecular formula is C10H15N. The fourth-order valence-electron chi connectivity index (χ4n) is 1.35. The first-order valence-corrected chi connectivity index (χ1v) is 3.96. The third-order valence-electron chi connectivity index (χ3n) is 2.02. The molecule has 0 amide bonds. The van der Waals surface area contributed by atoms with Gasteiger partial charge in [-0.1, -0.05) is 24.8 Å². The molecule has 1 aliphatic rings. The van der Waals surface area contributed by atoms with E-state index in [1.165, 1.54) is 11.1 Å². The maximum Gasteiger partial charge on any atom is 0.0210 e. The monoisotopic (exact) mass is 149 g/mol. The van der Waals surface area contributed by atoms with Crippen LogP contribution in [0.3, 0.4) is 0 Å². The Hall–Kier alpha value is -0.820. The molecule has 1 N–H and O–H groups in total. The second kappa shape index (κ2) is 3.54. The molecule has 0 bridgehead atoms. The third-order valence-corrected chi connectivity index (χ3v) is 2.02. The standard InChI is InChI=1S/C10H15N/c1-4-9-5-6-11-7-10(9)8(2)3/h4,11H,1-2,5-7H2,3H3. The first kappa shape index (κ1) is 8.28. The molecule has 0 spiro atoms. The highest BCUT2D eigenvalue weighted by molar-refractivity contribution is 5.39. The highest BCUT2D eigenvalue weighted by Crippen LogP contribution is 2.18. The van der Waals surface area contributed by atoms with E-state index in [4.69, 9.17) is 0 Å². The fraction of sp³-hybridized carbons (Fsp3) is 0.400. The summed E-state index contributed by atoms with van der Waals surface area (Å²) in [6.45, 7) is 11.8. The topological polar surface area (TPSA) is 12.0 Å². The van der Waals surface area contributed by atoms with E-state index < -0.39 is 0 Å². The average Bonchev–Trinajstić information content (AvgIpc) is 2.04. The molecule has 0 unspecified atom stereocenters. The number of nitrogens with one attached hydrogen (secondary N) is 1. The van der Waals surface area contributed by atoms with E-state index in [1.54, 1.807) is 0 Å². The lowest BCUT2D eigenvalue weighted by molar-refractivity contribution is 0.690. The van der Waals surface area contributed by atoms with Gasteiger partial charge in [-0.3, -0.25) is 0 Å². The van der Waals surface area contributed by atoms with Gasteiger partial charge < -0.3 is 5.32 Å². The second-order valence-electron chi connectivity index (χ2n) is 2.92. The van der Waals surface area contributed by atoms with Crippen molar-refractivity contribution in [1.29, 1.82) is 0 Å². The average molecular weight is 149 g/mol. The minimum atomic E-state index is 0.955. The Balaban J connectivity index is 2.90. The predicted octanol–water partition coefficient (Wildman–Crippen LogP) is 2.04. The minimum Gasteiger partial charge on any atom is -0.312 e. The first-order valence-electron chi connectivity index (χ1n) is 3.96. The van der Waals surface area contributed by atoms with E-state index in [-0.39, 0.29) is 0 Å². The van der Waals surface area contributed by atoms with Crippen LogP contribution in [0.15, 0.2) is 36.0 Å². The summed E-state index contributed by atoms with van der Waals surface area (Å²) in [5.74, 6) is 0. The van der Waals surface area contributed by atoms with Crippen molar-refractivity contribution in [3.8, 4) is 0 Å². The summed E-state index contributed by atoms with van der Waals surface area (Å²) in [5.41, 5.74) is 3.86. The van der Waals surface area contributed by atoms with Gasteiger partial charge in [0.1, 0.15) is 0 Å². The normalized spacial score (nSPS) is 18.3. The van der Waals surface area contributed by atoms with E-state index in [0.717, 1.165) is 25.1 Å². The van der Waals surface area contributed by atoms with Crippen molar-refractivity contribution in [2.24, 2.45) is 0 Å². The summed E-state index contributed by atoms with van der Waals surface area (Å²) in [7, 11) is 0. The molecule has 0 saturated carbocycles. The molecule has 0 saturated heterocycles. The highest BCUT2D eigenvalue weighted by Gasteiger charge is 2.09. The Kier molecular flexibility index (Phi) is 2.66. The molecule has 0 fully saturated rings. The van der Waals surface area contributed by atoms with Crippen LogP contribution in [0, 0.1) is 0 Å². The quantitative estimate of drug-likeness (QED) is 0.633. The Morgan fingerprint density at radius 1 is 1.64 bits per heavy atom. The van der Waals surface area contributed by atoms with Gasteiger partial charge in [-0.05, 0) is 31.0 Å². The zero-order chi connectivity index (χ0) is 8.27. The van der Waals surface area contributed by atoms with Crippen molar-refractivity contribution in [3.05, 3.63) is 36.0 Å². The minimum absolute atomic E-state index is 0.955. The van der Waals surface area contributed by atoms with Crippen LogP contribution in [0.25, 0.3) is 0 Å². The van der Waals surface area contributed by atoms with Crippen LogP contribution in [-0.4, -0.2) is 13.1 Å². The molecule has 1 rings (SSSR count). The van der Waals surface area contributed by atoms with Gasteiger partial charge in [-0.2, -0.15) is 0 Å². The van der Waals surface area contributed by atoms with Gasteiger partial charge in [-0.25, -0.2) is 0 Å². The lowest BCUT2D eigenvalue weighted by atomic mass is 9.97. The zero-order valence-corrected chi connectivity index (χ0v) is 7.11. The largest absolute Gasteiger partial charge is 0.312 e. The van der Waals surface area contributed by atoms with Crippen LogP contribution in [0.5, 0.6) is 0 Å². The number of hydrogen-bond donors (Lipinski definition) is 1. The summed E-state index contributed by atoms with van der Waals surface area (Å²) in [5, 5.41) is 3.31. The van der Waals surface area contributed by atoms with Crippen LogP contribution in [0.2, 0.25) is 0 Å². The molecule has 0 aromatic heterocycles. The first-order chi connectivity index (χ1) is 5.25. The summed E-state index contributed by atoms with van der Waals surface area (Å²) < 4.78 is 0. The molecule has 0 aliphatic carbocycles. The van der Waals surface area contributed by atoms with Crippen molar-refractivity contribution in [1.82, 2.24) is 5.32 Å². The highest BCUT2D eigenvalue weighted by atomic mass is 14.9. The maximum atomic E-state index is 3.93. The Labute approximate surface area is 68.5 Å².